The third kappa shape index (κ3) is 1.88. The molecule has 1 N–H and O–H groups in total. The van der Waals surface area contributed by atoms with Gasteiger partial charge in [0, 0.05) is 17.5 Å². The van der Waals surface area contributed by atoms with Crippen molar-refractivity contribution in [1.82, 2.24) is 14.9 Å². The Bertz CT molecular complexity index is 728. The van der Waals surface area contributed by atoms with E-state index in [2.05, 4.69) is 49.9 Å². The lowest BCUT2D eigenvalue weighted by Crippen LogP contribution is -2.24. The van der Waals surface area contributed by atoms with E-state index in [1.54, 1.807) is 11.3 Å². The van der Waals surface area contributed by atoms with Crippen molar-refractivity contribution in [3.05, 3.63) is 58.7 Å². The number of fused-ring (bicyclic) bond motifs is 1. The standard InChI is InChI=1S/C16H15N3S/c1-2-12-8-17-6-4-14(12)15(3-1)19-11-18-9-16(19)13-5-7-20-10-13/h1-3,5,7,9-11,17H,4,6,8H2. The van der Waals surface area contributed by atoms with E-state index in [0.29, 0.717) is 0 Å². The van der Waals surface area contributed by atoms with E-state index >= 15 is 0 Å². The Morgan fingerprint density at radius 2 is 2.25 bits per heavy atom. The number of aromatic nitrogens is 2. The first-order valence-electron chi connectivity index (χ1n) is 6.80. The van der Waals surface area contributed by atoms with Crippen molar-refractivity contribution < 1.29 is 0 Å². The number of rotatable bonds is 2. The molecule has 0 bridgehead atoms. The maximum Gasteiger partial charge on any atom is 0.0997 e. The summed E-state index contributed by atoms with van der Waals surface area (Å²) in [6.45, 7) is 2.01. The molecule has 1 aromatic carbocycles. The highest BCUT2D eigenvalue weighted by Gasteiger charge is 2.15. The van der Waals surface area contributed by atoms with E-state index in [4.69, 9.17) is 0 Å². The number of imidazole rings is 1. The first-order chi connectivity index (χ1) is 9.93. The molecule has 100 valence electrons. The van der Waals surface area contributed by atoms with Gasteiger partial charge in [0.1, 0.15) is 0 Å². The van der Waals surface area contributed by atoms with Crippen LogP contribution in [-0.2, 0) is 13.0 Å². The molecule has 0 saturated carbocycles. The minimum atomic E-state index is 0.964. The summed E-state index contributed by atoms with van der Waals surface area (Å²) in [6.07, 6.45) is 4.94. The van der Waals surface area contributed by atoms with E-state index in [1.807, 2.05) is 12.5 Å². The second-order valence-electron chi connectivity index (χ2n) is 5.00. The number of nitrogens with one attached hydrogen (secondary N) is 1. The van der Waals surface area contributed by atoms with E-state index in [-0.39, 0.29) is 0 Å². The maximum absolute atomic E-state index is 4.36. The molecule has 0 spiro atoms. The van der Waals surface area contributed by atoms with Crippen LogP contribution < -0.4 is 5.32 Å². The van der Waals surface area contributed by atoms with Gasteiger partial charge >= 0.3 is 0 Å². The van der Waals surface area contributed by atoms with Crippen molar-refractivity contribution in [2.75, 3.05) is 6.54 Å². The van der Waals surface area contributed by atoms with Crippen LogP contribution in [0, 0.1) is 0 Å². The Hall–Kier alpha value is -1.91. The molecule has 0 saturated heterocycles. The lowest BCUT2D eigenvalue weighted by atomic mass is 9.99. The quantitative estimate of drug-likeness (QED) is 0.781. The molecular formula is C16H15N3S. The van der Waals surface area contributed by atoms with E-state index < -0.39 is 0 Å². The SMILES string of the molecule is c1cc2c(c(-n3cncc3-c3ccsc3)c1)CCNC2. The van der Waals surface area contributed by atoms with Crippen LogP contribution in [0.1, 0.15) is 11.1 Å². The zero-order chi connectivity index (χ0) is 13.4. The Labute approximate surface area is 121 Å². The summed E-state index contributed by atoms with van der Waals surface area (Å²) in [5, 5.41) is 7.71. The van der Waals surface area contributed by atoms with Crippen molar-refractivity contribution in [2.24, 2.45) is 0 Å². The van der Waals surface area contributed by atoms with Crippen LogP contribution in [0.2, 0.25) is 0 Å². The molecule has 0 aliphatic carbocycles. The molecule has 3 heterocycles. The van der Waals surface area contributed by atoms with Crippen LogP contribution in [-0.4, -0.2) is 16.1 Å². The summed E-state index contributed by atoms with van der Waals surface area (Å²) in [7, 11) is 0. The molecule has 4 heteroatoms. The van der Waals surface area contributed by atoms with Crippen LogP contribution in [0.25, 0.3) is 16.9 Å². The molecule has 4 rings (SSSR count). The number of benzene rings is 1. The van der Waals surface area contributed by atoms with Gasteiger partial charge in [-0.05, 0) is 41.6 Å². The largest absolute Gasteiger partial charge is 0.312 e. The number of hydrogen-bond donors (Lipinski definition) is 1. The number of nitrogens with zero attached hydrogens (tertiary/aromatic N) is 2. The van der Waals surface area contributed by atoms with Crippen molar-refractivity contribution in [2.45, 2.75) is 13.0 Å². The van der Waals surface area contributed by atoms with E-state index in [1.165, 1.54) is 22.4 Å². The molecule has 0 unspecified atom stereocenters. The second-order valence-corrected chi connectivity index (χ2v) is 5.78. The minimum Gasteiger partial charge on any atom is -0.312 e. The summed E-state index contributed by atoms with van der Waals surface area (Å²) in [5.41, 5.74) is 6.51. The third-order valence-corrected chi connectivity index (χ3v) is 4.51. The molecule has 0 atom stereocenters. The monoisotopic (exact) mass is 281 g/mol. The average molecular weight is 281 g/mol. The van der Waals surface area contributed by atoms with Crippen molar-refractivity contribution in [3.63, 3.8) is 0 Å². The normalized spacial score (nSPS) is 14.2. The smallest absolute Gasteiger partial charge is 0.0997 e. The molecule has 2 aromatic heterocycles. The minimum absolute atomic E-state index is 0.964. The Kier molecular flexibility index (Phi) is 2.90. The highest BCUT2D eigenvalue weighted by Crippen LogP contribution is 2.28. The highest BCUT2D eigenvalue weighted by molar-refractivity contribution is 7.08. The summed E-state index contributed by atoms with van der Waals surface area (Å²) in [4.78, 5) is 4.36. The summed E-state index contributed by atoms with van der Waals surface area (Å²) < 4.78 is 2.21. The third-order valence-electron chi connectivity index (χ3n) is 3.83. The van der Waals surface area contributed by atoms with E-state index in [9.17, 15) is 0 Å². The zero-order valence-corrected chi connectivity index (χ0v) is 11.9. The Morgan fingerprint density at radius 3 is 3.15 bits per heavy atom. The molecule has 3 nitrogen and oxygen atoms in total. The van der Waals surface area contributed by atoms with Gasteiger partial charge in [0.15, 0.2) is 0 Å². The zero-order valence-electron chi connectivity index (χ0n) is 11.0. The van der Waals surface area contributed by atoms with Crippen molar-refractivity contribution in [3.8, 4) is 16.9 Å². The lowest BCUT2D eigenvalue weighted by molar-refractivity contribution is 0.641. The average Bonchev–Trinajstić information content (AvgIpc) is 3.17. The summed E-state index contributed by atoms with van der Waals surface area (Å²) in [6, 6.07) is 8.70. The fraction of sp³-hybridized carbons (Fsp3) is 0.188. The molecule has 3 aromatic rings. The molecule has 0 amide bonds. The molecule has 0 radical (unpaired) electrons. The Balaban J connectivity index is 1.89. The maximum atomic E-state index is 4.36. The van der Waals surface area contributed by atoms with Crippen LogP contribution in [0.15, 0.2) is 47.5 Å². The predicted molar refractivity (Wildman–Crippen MR) is 82.3 cm³/mol. The highest BCUT2D eigenvalue weighted by atomic mass is 32.1. The van der Waals surface area contributed by atoms with Crippen LogP contribution in [0.5, 0.6) is 0 Å². The van der Waals surface area contributed by atoms with Crippen molar-refractivity contribution >= 4 is 11.3 Å². The van der Waals surface area contributed by atoms with E-state index in [0.717, 1.165) is 25.2 Å². The van der Waals surface area contributed by atoms with Gasteiger partial charge in [0.25, 0.3) is 0 Å². The van der Waals surface area contributed by atoms with Gasteiger partial charge in [-0.25, -0.2) is 4.98 Å². The summed E-state index contributed by atoms with van der Waals surface area (Å²) >= 11 is 1.72. The van der Waals surface area contributed by atoms with Crippen LogP contribution in [0.4, 0.5) is 0 Å². The second kappa shape index (κ2) is 4.89. The van der Waals surface area contributed by atoms with Crippen molar-refractivity contribution in [1.29, 1.82) is 0 Å². The Morgan fingerprint density at radius 1 is 1.25 bits per heavy atom. The van der Waals surface area contributed by atoms with Crippen LogP contribution >= 0.6 is 11.3 Å². The topological polar surface area (TPSA) is 29.9 Å². The molecule has 20 heavy (non-hydrogen) atoms. The van der Waals surface area contributed by atoms with Gasteiger partial charge in [0.2, 0.25) is 0 Å². The fourth-order valence-electron chi connectivity index (χ4n) is 2.85. The number of thiophene rings is 1. The number of hydrogen-bond acceptors (Lipinski definition) is 3. The van der Waals surface area contributed by atoms with Gasteiger partial charge in [-0.3, -0.25) is 4.57 Å². The molecule has 0 fully saturated rings. The van der Waals surface area contributed by atoms with Gasteiger partial charge in [0.05, 0.1) is 23.9 Å². The van der Waals surface area contributed by atoms with Gasteiger partial charge in [-0.1, -0.05) is 12.1 Å². The molecule has 1 aliphatic rings. The van der Waals surface area contributed by atoms with Gasteiger partial charge in [-0.2, -0.15) is 11.3 Å². The van der Waals surface area contributed by atoms with Gasteiger partial charge in [-0.15, -0.1) is 0 Å². The van der Waals surface area contributed by atoms with Gasteiger partial charge < -0.3 is 5.32 Å². The lowest BCUT2D eigenvalue weighted by Gasteiger charge is -2.21. The van der Waals surface area contributed by atoms with Crippen LogP contribution in [0.3, 0.4) is 0 Å². The molecular weight excluding hydrogens is 266 g/mol. The summed E-state index contributed by atoms with van der Waals surface area (Å²) in [5.74, 6) is 0. The fourth-order valence-corrected chi connectivity index (χ4v) is 3.50. The first kappa shape index (κ1) is 11.9. The predicted octanol–water partition coefficient (Wildman–Crippen LogP) is 3.25. The first-order valence-corrected chi connectivity index (χ1v) is 7.74. The molecule has 1 aliphatic heterocycles.